The van der Waals surface area contributed by atoms with Gasteiger partial charge in [-0.1, -0.05) is 49.4 Å². The van der Waals surface area contributed by atoms with Crippen molar-refractivity contribution in [1.29, 1.82) is 0 Å². The smallest absolute Gasteiger partial charge is 0.103 e. The Labute approximate surface area is 171 Å². The van der Waals surface area contributed by atoms with Gasteiger partial charge in [-0.2, -0.15) is 0 Å². The molecule has 0 saturated carbocycles. The number of rotatable bonds is 10. The van der Waals surface area contributed by atoms with Crippen LogP contribution in [-0.4, -0.2) is 50.4 Å². The van der Waals surface area contributed by atoms with E-state index in [9.17, 15) is 20.4 Å². The second-order valence-electron chi connectivity index (χ2n) is 7.61. The van der Waals surface area contributed by atoms with E-state index in [4.69, 9.17) is 0 Å². The van der Waals surface area contributed by atoms with Gasteiger partial charge in [-0.3, -0.25) is 0 Å². The van der Waals surface area contributed by atoms with E-state index in [-0.39, 0.29) is 12.5 Å². The summed E-state index contributed by atoms with van der Waals surface area (Å²) in [6.45, 7) is 2.36. The normalized spacial score (nSPS) is 14.8. The second-order valence-corrected chi connectivity index (χ2v) is 7.61. The highest BCUT2D eigenvalue weighted by molar-refractivity contribution is 5.84. The van der Waals surface area contributed by atoms with Crippen LogP contribution in [0.4, 0.5) is 0 Å². The summed E-state index contributed by atoms with van der Waals surface area (Å²) >= 11 is 0. The van der Waals surface area contributed by atoms with Crippen LogP contribution in [0.15, 0.2) is 54.7 Å². The molecule has 0 spiro atoms. The molecule has 3 aromatic rings. The van der Waals surface area contributed by atoms with Gasteiger partial charge in [0.2, 0.25) is 0 Å². The predicted octanol–water partition coefficient (Wildman–Crippen LogP) is 2.82. The molecule has 29 heavy (non-hydrogen) atoms. The maximum Gasteiger partial charge on any atom is 0.103 e. The number of aliphatic hydroxyl groups excluding tert-OH is 4. The summed E-state index contributed by atoms with van der Waals surface area (Å²) in [7, 11) is 0. The number of para-hydroxylation sites is 1. The lowest BCUT2D eigenvalue weighted by Gasteiger charge is -2.26. The van der Waals surface area contributed by atoms with E-state index in [2.05, 4.69) is 41.8 Å². The Morgan fingerprint density at radius 2 is 1.62 bits per heavy atom. The van der Waals surface area contributed by atoms with Gasteiger partial charge in [-0.05, 0) is 42.0 Å². The molecular weight excluding hydrogens is 366 g/mol. The Bertz CT molecular complexity index is 903. The third-order valence-electron chi connectivity index (χ3n) is 5.67. The highest BCUT2D eigenvalue weighted by Gasteiger charge is 2.29. The number of hydrogen-bond acceptors (Lipinski definition) is 4. The fourth-order valence-electron chi connectivity index (χ4n) is 3.98. The fraction of sp³-hybridized carbons (Fsp3) is 0.417. The molecule has 0 amide bonds. The van der Waals surface area contributed by atoms with Crippen molar-refractivity contribution >= 4 is 10.9 Å². The van der Waals surface area contributed by atoms with Crippen molar-refractivity contribution in [1.82, 2.24) is 4.57 Å². The van der Waals surface area contributed by atoms with Crippen LogP contribution in [0.5, 0.6) is 0 Å². The molecule has 3 unspecified atom stereocenters. The zero-order valence-corrected chi connectivity index (χ0v) is 16.9. The van der Waals surface area contributed by atoms with Crippen LogP contribution >= 0.6 is 0 Å². The molecule has 0 aliphatic carbocycles. The van der Waals surface area contributed by atoms with E-state index in [1.165, 1.54) is 11.1 Å². The van der Waals surface area contributed by atoms with Gasteiger partial charge in [-0.25, -0.2) is 0 Å². The summed E-state index contributed by atoms with van der Waals surface area (Å²) < 4.78 is 2.16. The number of aliphatic hydroxyl groups is 4. The molecule has 3 rings (SSSR count). The van der Waals surface area contributed by atoms with Gasteiger partial charge in [0.05, 0.1) is 12.7 Å². The van der Waals surface area contributed by atoms with E-state index in [1.807, 2.05) is 24.4 Å². The largest absolute Gasteiger partial charge is 0.396 e. The Hall–Kier alpha value is -2.18. The molecule has 0 aliphatic rings. The van der Waals surface area contributed by atoms with Crippen molar-refractivity contribution in [2.45, 2.75) is 50.9 Å². The van der Waals surface area contributed by atoms with Crippen LogP contribution < -0.4 is 0 Å². The number of nitrogens with zero attached hydrogens (tertiary/aromatic N) is 1. The molecule has 5 heteroatoms. The van der Waals surface area contributed by atoms with Crippen molar-refractivity contribution < 1.29 is 20.4 Å². The van der Waals surface area contributed by atoms with Gasteiger partial charge in [0.25, 0.3) is 0 Å². The number of hydrogen-bond donors (Lipinski definition) is 4. The summed E-state index contributed by atoms with van der Waals surface area (Å²) in [4.78, 5) is 0. The lowest BCUT2D eigenvalue weighted by Crippen LogP contribution is -2.35. The van der Waals surface area contributed by atoms with Gasteiger partial charge in [0.15, 0.2) is 0 Å². The average Bonchev–Trinajstić information content (AvgIpc) is 3.12. The summed E-state index contributed by atoms with van der Waals surface area (Å²) in [6, 6.07) is 16.6. The minimum absolute atomic E-state index is 0.0147. The van der Waals surface area contributed by atoms with Crippen molar-refractivity contribution in [2.24, 2.45) is 0 Å². The molecule has 1 heterocycles. The van der Waals surface area contributed by atoms with Crippen LogP contribution in [0.2, 0.25) is 0 Å². The number of aryl methyl sites for hydroxylation is 1. The third kappa shape index (κ3) is 4.87. The second kappa shape index (κ2) is 10.0. The maximum atomic E-state index is 10.7. The van der Waals surface area contributed by atoms with Crippen LogP contribution in [0.3, 0.4) is 0 Å². The molecule has 2 aromatic carbocycles. The van der Waals surface area contributed by atoms with Crippen molar-refractivity contribution in [2.75, 3.05) is 13.2 Å². The predicted molar refractivity (Wildman–Crippen MR) is 115 cm³/mol. The number of fused-ring (bicyclic) bond motifs is 1. The van der Waals surface area contributed by atoms with Gasteiger partial charge in [0, 0.05) is 36.2 Å². The third-order valence-corrected chi connectivity index (χ3v) is 5.67. The van der Waals surface area contributed by atoms with Gasteiger partial charge in [-0.15, -0.1) is 0 Å². The monoisotopic (exact) mass is 397 g/mol. The lowest BCUT2D eigenvalue weighted by molar-refractivity contribution is -0.0289. The summed E-state index contributed by atoms with van der Waals surface area (Å²) in [5.74, 6) is -0.377. The van der Waals surface area contributed by atoms with E-state index in [1.54, 1.807) is 0 Å². The van der Waals surface area contributed by atoms with Crippen molar-refractivity contribution in [3.8, 4) is 0 Å². The first-order valence-corrected chi connectivity index (χ1v) is 10.3. The number of aromatic nitrogens is 1. The van der Waals surface area contributed by atoms with E-state index in [0.717, 1.165) is 22.9 Å². The first-order valence-electron chi connectivity index (χ1n) is 10.3. The van der Waals surface area contributed by atoms with E-state index < -0.39 is 18.8 Å². The minimum Gasteiger partial charge on any atom is -0.396 e. The maximum absolute atomic E-state index is 10.7. The first-order chi connectivity index (χ1) is 14.1. The number of benzene rings is 2. The molecule has 0 radical (unpaired) electrons. The topological polar surface area (TPSA) is 85.9 Å². The van der Waals surface area contributed by atoms with Crippen LogP contribution in [0.25, 0.3) is 10.9 Å². The molecule has 5 nitrogen and oxygen atoms in total. The first kappa shape index (κ1) is 21.5. The highest BCUT2D eigenvalue weighted by Crippen LogP contribution is 2.34. The molecule has 156 valence electrons. The Morgan fingerprint density at radius 1 is 0.931 bits per heavy atom. The molecule has 0 bridgehead atoms. The van der Waals surface area contributed by atoms with Gasteiger partial charge in [0.1, 0.15) is 6.10 Å². The molecule has 4 N–H and O–H groups in total. The average molecular weight is 398 g/mol. The molecule has 3 atom stereocenters. The summed E-state index contributed by atoms with van der Waals surface area (Å²) in [6.07, 6.45) is 1.76. The molecular formula is C24H31NO4. The van der Waals surface area contributed by atoms with E-state index in [0.29, 0.717) is 19.4 Å². The Balaban J connectivity index is 2.00. The standard InChI is InChI=1S/C24H31NO4/c1-2-17-9-11-18(12-10-17)14-25-15-21(19-6-3-4-8-22(19)25)20(7-5-13-26)24(29)23(28)16-27/h3-4,6,8-12,15,20,23-24,26-29H,2,5,7,13-14,16H2,1H3. The summed E-state index contributed by atoms with van der Waals surface area (Å²) in [5, 5.41) is 40.4. The molecule has 0 saturated heterocycles. The quantitative estimate of drug-likeness (QED) is 0.424. The summed E-state index contributed by atoms with van der Waals surface area (Å²) in [5.41, 5.74) is 4.48. The van der Waals surface area contributed by atoms with E-state index >= 15 is 0 Å². The minimum atomic E-state index is -1.22. The molecule has 0 fully saturated rings. The zero-order valence-electron chi connectivity index (χ0n) is 16.9. The van der Waals surface area contributed by atoms with Gasteiger partial charge >= 0.3 is 0 Å². The fourth-order valence-corrected chi connectivity index (χ4v) is 3.98. The van der Waals surface area contributed by atoms with Gasteiger partial charge < -0.3 is 25.0 Å². The SMILES string of the molecule is CCc1ccc(Cn2cc(C(CCCO)C(O)C(O)CO)c3ccccc32)cc1. The zero-order chi connectivity index (χ0) is 20.8. The Kier molecular flexibility index (Phi) is 7.45. The highest BCUT2D eigenvalue weighted by atomic mass is 16.4. The van der Waals surface area contributed by atoms with Crippen LogP contribution in [0.1, 0.15) is 42.4 Å². The lowest BCUT2D eigenvalue weighted by atomic mass is 9.86. The Morgan fingerprint density at radius 3 is 2.28 bits per heavy atom. The van der Waals surface area contributed by atoms with Crippen molar-refractivity contribution in [3.63, 3.8) is 0 Å². The van der Waals surface area contributed by atoms with Crippen LogP contribution in [0, 0.1) is 0 Å². The molecule has 1 aromatic heterocycles. The molecule has 0 aliphatic heterocycles. The van der Waals surface area contributed by atoms with Crippen LogP contribution in [-0.2, 0) is 13.0 Å². The van der Waals surface area contributed by atoms with Crippen molar-refractivity contribution in [3.05, 3.63) is 71.4 Å².